The molecule has 3 N–H and O–H groups in total. The third kappa shape index (κ3) is 2.29. The van der Waals surface area contributed by atoms with Crippen molar-refractivity contribution in [2.75, 3.05) is 12.9 Å². The minimum Gasteiger partial charge on any atom is -0.480 e. The largest absolute Gasteiger partial charge is 0.480 e. The maximum atomic E-state index is 11.7. The van der Waals surface area contributed by atoms with Gasteiger partial charge in [-0.3, -0.25) is 0 Å². The van der Waals surface area contributed by atoms with E-state index in [-0.39, 0.29) is 6.61 Å². The van der Waals surface area contributed by atoms with Crippen molar-refractivity contribution in [2.45, 2.75) is 18.5 Å². The summed E-state index contributed by atoms with van der Waals surface area (Å²) in [6.45, 7) is -0.190. The molecular formula is C15H16N2O3S2. The zero-order valence-electron chi connectivity index (χ0n) is 11.9. The SMILES string of the molecule is CSC(=S)N1[C@H](C(=O)O)Cc2c([nH]c3ccccc23)[C@@H]1CO. The maximum Gasteiger partial charge on any atom is 0.326 e. The summed E-state index contributed by atoms with van der Waals surface area (Å²) in [6, 6.07) is 6.56. The number of carboxylic acid groups (broad SMARTS) is 1. The highest BCUT2D eigenvalue weighted by Gasteiger charge is 2.40. The molecule has 2 heterocycles. The van der Waals surface area contributed by atoms with Gasteiger partial charge in [-0.25, -0.2) is 4.79 Å². The van der Waals surface area contributed by atoms with Gasteiger partial charge in [-0.1, -0.05) is 30.4 Å². The standard InChI is InChI=1S/C15H16N2O3S2/c1-22-15(21)17-11(14(19)20)6-9-8-4-2-3-5-10(8)16-13(9)12(17)7-18/h2-5,11-12,16,18H,6-7H2,1H3,(H,19,20)/t11-,12-/m0/s1. The predicted octanol–water partition coefficient (Wildman–Crippen LogP) is 2.16. The van der Waals surface area contributed by atoms with Crippen LogP contribution in [0.25, 0.3) is 10.9 Å². The number of thioether (sulfide) groups is 1. The monoisotopic (exact) mass is 336 g/mol. The molecule has 1 aromatic carbocycles. The van der Waals surface area contributed by atoms with E-state index in [2.05, 4.69) is 4.98 Å². The fourth-order valence-electron chi connectivity index (χ4n) is 3.12. The fraction of sp³-hybridized carbons (Fsp3) is 0.333. The molecule has 0 saturated heterocycles. The molecule has 0 fully saturated rings. The minimum atomic E-state index is -0.925. The van der Waals surface area contributed by atoms with Crippen LogP contribution in [0, 0.1) is 0 Å². The van der Waals surface area contributed by atoms with E-state index in [1.165, 1.54) is 11.8 Å². The highest BCUT2D eigenvalue weighted by atomic mass is 32.2. The summed E-state index contributed by atoms with van der Waals surface area (Å²) in [5, 5.41) is 20.5. The number of hydrogen-bond acceptors (Lipinski definition) is 4. The third-order valence-electron chi connectivity index (χ3n) is 4.09. The molecule has 0 bridgehead atoms. The summed E-state index contributed by atoms with van der Waals surface area (Å²) in [6.07, 6.45) is 2.18. The molecule has 1 aliphatic heterocycles. The fourth-order valence-corrected chi connectivity index (χ4v) is 3.84. The normalized spacial score (nSPS) is 20.9. The second-order valence-corrected chi connectivity index (χ2v) is 6.64. The number of aromatic amines is 1. The Kier molecular flexibility index (Phi) is 4.12. The summed E-state index contributed by atoms with van der Waals surface area (Å²) in [5.74, 6) is -0.925. The molecule has 2 aromatic rings. The first kappa shape index (κ1) is 15.3. The molecule has 1 aromatic heterocycles. The molecule has 0 unspecified atom stereocenters. The lowest BCUT2D eigenvalue weighted by Gasteiger charge is -2.40. The van der Waals surface area contributed by atoms with Crippen molar-refractivity contribution >= 4 is 45.2 Å². The number of H-pyrrole nitrogens is 1. The molecule has 0 radical (unpaired) electrons. The van der Waals surface area contributed by atoms with Crippen LogP contribution >= 0.6 is 24.0 Å². The number of aliphatic hydroxyl groups excluding tert-OH is 1. The number of para-hydroxylation sites is 1. The predicted molar refractivity (Wildman–Crippen MR) is 91.2 cm³/mol. The molecular weight excluding hydrogens is 320 g/mol. The molecule has 5 nitrogen and oxygen atoms in total. The molecule has 1 aliphatic rings. The summed E-state index contributed by atoms with van der Waals surface area (Å²) in [4.78, 5) is 16.7. The number of thiocarbonyl (C=S) groups is 1. The minimum absolute atomic E-state index is 0.190. The zero-order valence-corrected chi connectivity index (χ0v) is 13.6. The third-order valence-corrected chi connectivity index (χ3v) is 5.36. The summed E-state index contributed by atoms with van der Waals surface area (Å²) >= 11 is 6.65. The number of nitrogens with zero attached hydrogens (tertiary/aromatic N) is 1. The van der Waals surface area contributed by atoms with Gasteiger partial charge in [0.15, 0.2) is 0 Å². The van der Waals surface area contributed by atoms with Crippen molar-refractivity contribution in [3.8, 4) is 0 Å². The van der Waals surface area contributed by atoms with Crippen LogP contribution in [0.1, 0.15) is 17.3 Å². The topological polar surface area (TPSA) is 76.6 Å². The van der Waals surface area contributed by atoms with Gasteiger partial charge in [0.05, 0.1) is 12.6 Å². The second-order valence-electron chi connectivity index (χ2n) is 5.20. The van der Waals surface area contributed by atoms with Crippen LogP contribution in [-0.4, -0.2) is 49.3 Å². The van der Waals surface area contributed by atoms with E-state index in [0.29, 0.717) is 10.7 Å². The van der Waals surface area contributed by atoms with Gasteiger partial charge in [-0.05, 0) is 17.9 Å². The molecule has 7 heteroatoms. The van der Waals surface area contributed by atoms with Crippen molar-refractivity contribution in [1.29, 1.82) is 0 Å². The second kappa shape index (κ2) is 5.91. The van der Waals surface area contributed by atoms with Gasteiger partial charge in [0.2, 0.25) is 0 Å². The molecule has 22 heavy (non-hydrogen) atoms. The molecule has 0 amide bonds. The van der Waals surface area contributed by atoms with Gasteiger partial charge >= 0.3 is 5.97 Å². The number of nitrogens with one attached hydrogen (secondary N) is 1. The lowest BCUT2D eigenvalue weighted by atomic mass is 9.92. The number of fused-ring (bicyclic) bond motifs is 3. The van der Waals surface area contributed by atoms with Crippen LogP contribution in [-0.2, 0) is 11.2 Å². The Hall–Kier alpha value is -1.57. The van der Waals surface area contributed by atoms with Crippen LogP contribution in [0.5, 0.6) is 0 Å². The Morgan fingerprint density at radius 2 is 2.23 bits per heavy atom. The van der Waals surface area contributed by atoms with Crippen molar-refractivity contribution < 1.29 is 15.0 Å². The Bertz CT molecular complexity index is 743. The number of hydrogen-bond donors (Lipinski definition) is 3. The van der Waals surface area contributed by atoms with Crippen LogP contribution in [0.2, 0.25) is 0 Å². The molecule has 0 spiro atoms. The van der Waals surface area contributed by atoms with Gasteiger partial charge in [0, 0.05) is 23.0 Å². The van der Waals surface area contributed by atoms with E-state index >= 15 is 0 Å². The van der Waals surface area contributed by atoms with E-state index in [4.69, 9.17) is 12.2 Å². The van der Waals surface area contributed by atoms with Gasteiger partial charge in [0.25, 0.3) is 0 Å². The van der Waals surface area contributed by atoms with Gasteiger partial charge in [-0.2, -0.15) is 0 Å². The molecule has 2 atom stereocenters. The number of aliphatic hydroxyl groups is 1. The number of benzene rings is 1. The highest BCUT2D eigenvalue weighted by molar-refractivity contribution is 8.22. The quantitative estimate of drug-likeness (QED) is 0.730. The number of carboxylic acids is 1. The van der Waals surface area contributed by atoms with E-state index in [9.17, 15) is 15.0 Å². The van der Waals surface area contributed by atoms with Gasteiger partial charge in [0.1, 0.15) is 10.4 Å². The van der Waals surface area contributed by atoms with E-state index < -0.39 is 18.1 Å². The Balaban J connectivity index is 2.19. The van der Waals surface area contributed by atoms with Crippen molar-refractivity contribution in [3.05, 3.63) is 35.5 Å². The molecule has 0 aliphatic carbocycles. The van der Waals surface area contributed by atoms with Crippen LogP contribution in [0.4, 0.5) is 0 Å². The smallest absolute Gasteiger partial charge is 0.326 e. The van der Waals surface area contributed by atoms with Crippen molar-refractivity contribution in [2.24, 2.45) is 0 Å². The maximum absolute atomic E-state index is 11.7. The van der Waals surface area contributed by atoms with E-state index in [0.717, 1.165) is 22.2 Å². The average Bonchev–Trinajstić information content (AvgIpc) is 2.90. The summed E-state index contributed by atoms with van der Waals surface area (Å²) < 4.78 is 0.482. The lowest BCUT2D eigenvalue weighted by Crippen LogP contribution is -2.50. The van der Waals surface area contributed by atoms with Crippen LogP contribution in [0.15, 0.2) is 24.3 Å². The first-order valence-corrected chi connectivity index (χ1v) is 8.51. The van der Waals surface area contributed by atoms with Crippen LogP contribution in [0.3, 0.4) is 0 Å². The Labute approximate surface area is 137 Å². The number of aromatic nitrogens is 1. The zero-order chi connectivity index (χ0) is 15.9. The Morgan fingerprint density at radius 1 is 1.50 bits per heavy atom. The van der Waals surface area contributed by atoms with Gasteiger partial charge in [-0.15, -0.1) is 11.8 Å². The Morgan fingerprint density at radius 3 is 2.86 bits per heavy atom. The number of rotatable bonds is 2. The average molecular weight is 336 g/mol. The van der Waals surface area contributed by atoms with E-state index in [1.807, 2.05) is 30.5 Å². The number of aliphatic carboxylic acids is 1. The van der Waals surface area contributed by atoms with Crippen LogP contribution < -0.4 is 0 Å². The first-order valence-electron chi connectivity index (χ1n) is 6.88. The summed E-state index contributed by atoms with van der Waals surface area (Å²) in [5.41, 5.74) is 2.77. The molecule has 3 rings (SSSR count). The molecule has 0 saturated carbocycles. The van der Waals surface area contributed by atoms with Gasteiger partial charge < -0.3 is 20.1 Å². The number of carbonyl (C=O) groups is 1. The van der Waals surface area contributed by atoms with Crippen molar-refractivity contribution in [1.82, 2.24) is 9.88 Å². The molecule has 116 valence electrons. The summed E-state index contributed by atoms with van der Waals surface area (Å²) in [7, 11) is 0. The first-order chi connectivity index (χ1) is 10.6. The van der Waals surface area contributed by atoms with Crippen molar-refractivity contribution in [3.63, 3.8) is 0 Å². The highest BCUT2D eigenvalue weighted by Crippen LogP contribution is 2.38. The van der Waals surface area contributed by atoms with E-state index in [1.54, 1.807) is 4.90 Å². The lowest BCUT2D eigenvalue weighted by molar-refractivity contribution is -0.142.